The molecule has 21 heavy (non-hydrogen) atoms. The molecule has 0 bridgehead atoms. The zero-order valence-corrected chi connectivity index (χ0v) is 12.6. The number of benzene rings is 2. The van der Waals surface area contributed by atoms with Gasteiger partial charge in [-0.1, -0.05) is 37.6 Å². The highest BCUT2D eigenvalue weighted by molar-refractivity contribution is 6.09. The van der Waals surface area contributed by atoms with Crippen molar-refractivity contribution in [3.05, 3.63) is 59.2 Å². The monoisotopic (exact) mass is 283 g/mol. The summed E-state index contributed by atoms with van der Waals surface area (Å²) < 4.78 is 5.16. The van der Waals surface area contributed by atoms with E-state index in [-0.39, 0.29) is 5.78 Å². The fourth-order valence-corrected chi connectivity index (χ4v) is 2.22. The standard InChI is InChI=1S/C18H21NO2/c1-3-4-5-13-6-8-14(9-7-13)18(20)15-10-11-16(19)17(12-15)21-2/h6-12H,3-5,19H2,1-2H3. The molecular formula is C18H21NO2. The zero-order chi connectivity index (χ0) is 15.2. The summed E-state index contributed by atoms with van der Waals surface area (Å²) in [5, 5.41) is 0. The van der Waals surface area contributed by atoms with Crippen molar-refractivity contribution in [2.24, 2.45) is 0 Å². The fourth-order valence-electron chi connectivity index (χ4n) is 2.22. The van der Waals surface area contributed by atoms with Gasteiger partial charge in [0.25, 0.3) is 0 Å². The van der Waals surface area contributed by atoms with Gasteiger partial charge in [0.15, 0.2) is 5.78 Å². The molecule has 0 heterocycles. The van der Waals surface area contributed by atoms with Crippen LogP contribution in [0.2, 0.25) is 0 Å². The lowest BCUT2D eigenvalue weighted by Gasteiger charge is -2.07. The quantitative estimate of drug-likeness (QED) is 0.647. The Hall–Kier alpha value is -2.29. The van der Waals surface area contributed by atoms with Crippen LogP contribution in [0.25, 0.3) is 0 Å². The second kappa shape index (κ2) is 6.93. The van der Waals surface area contributed by atoms with E-state index < -0.39 is 0 Å². The number of hydrogen-bond acceptors (Lipinski definition) is 3. The summed E-state index contributed by atoms with van der Waals surface area (Å²) in [5.74, 6) is 0.510. The second-order valence-corrected chi connectivity index (χ2v) is 5.09. The number of anilines is 1. The summed E-state index contributed by atoms with van der Waals surface area (Å²) in [6, 6.07) is 12.9. The van der Waals surface area contributed by atoms with Crippen molar-refractivity contribution in [2.75, 3.05) is 12.8 Å². The normalized spacial score (nSPS) is 10.4. The molecule has 0 aliphatic heterocycles. The molecule has 2 rings (SSSR count). The van der Waals surface area contributed by atoms with Gasteiger partial charge in [-0.05, 0) is 36.6 Å². The highest BCUT2D eigenvalue weighted by atomic mass is 16.5. The molecule has 0 saturated carbocycles. The van der Waals surface area contributed by atoms with Crippen molar-refractivity contribution in [1.29, 1.82) is 0 Å². The van der Waals surface area contributed by atoms with E-state index in [9.17, 15) is 4.79 Å². The number of hydrogen-bond donors (Lipinski definition) is 1. The Morgan fingerprint density at radius 3 is 2.38 bits per heavy atom. The first kappa shape index (κ1) is 15.1. The lowest BCUT2D eigenvalue weighted by Crippen LogP contribution is -2.03. The Kier molecular flexibility index (Phi) is 4.99. The second-order valence-electron chi connectivity index (χ2n) is 5.09. The topological polar surface area (TPSA) is 52.3 Å². The van der Waals surface area contributed by atoms with E-state index in [1.807, 2.05) is 24.3 Å². The third-order valence-corrected chi connectivity index (χ3v) is 3.53. The van der Waals surface area contributed by atoms with Crippen LogP contribution >= 0.6 is 0 Å². The van der Waals surface area contributed by atoms with Crippen LogP contribution in [0.15, 0.2) is 42.5 Å². The number of rotatable bonds is 6. The van der Waals surface area contributed by atoms with E-state index in [1.54, 1.807) is 25.3 Å². The molecule has 0 aromatic heterocycles. The molecule has 0 atom stereocenters. The highest BCUT2D eigenvalue weighted by Crippen LogP contribution is 2.23. The Balaban J connectivity index is 2.19. The Labute approximate surface area is 125 Å². The van der Waals surface area contributed by atoms with Gasteiger partial charge < -0.3 is 10.5 Å². The molecule has 0 aliphatic rings. The molecule has 3 heteroatoms. The number of methoxy groups -OCH3 is 1. The Morgan fingerprint density at radius 1 is 1.10 bits per heavy atom. The van der Waals surface area contributed by atoms with Gasteiger partial charge in [-0.25, -0.2) is 0 Å². The molecule has 0 radical (unpaired) electrons. The highest BCUT2D eigenvalue weighted by Gasteiger charge is 2.11. The maximum Gasteiger partial charge on any atom is 0.193 e. The number of unbranched alkanes of at least 4 members (excludes halogenated alkanes) is 1. The third kappa shape index (κ3) is 3.63. The molecule has 0 aliphatic carbocycles. The summed E-state index contributed by atoms with van der Waals surface area (Å²) in [6.45, 7) is 2.17. The first-order chi connectivity index (χ1) is 10.2. The zero-order valence-electron chi connectivity index (χ0n) is 12.6. The molecule has 2 aromatic rings. The van der Waals surface area contributed by atoms with Crippen molar-refractivity contribution in [2.45, 2.75) is 26.2 Å². The van der Waals surface area contributed by atoms with Crippen LogP contribution in [-0.4, -0.2) is 12.9 Å². The average molecular weight is 283 g/mol. The number of carbonyl (C=O) groups is 1. The summed E-state index contributed by atoms with van der Waals surface area (Å²) in [7, 11) is 1.54. The molecule has 2 N–H and O–H groups in total. The summed E-state index contributed by atoms with van der Waals surface area (Å²) in [6.07, 6.45) is 3.40. The summed E-state index contributed by atoms with van der Waals surface area (Å²) in [5.41, 5.74) is 8.84. The minimum atomic E-state index is -0.0182. The van der Waals surface area contributed by atoms with E-state index in [0.29, 0.717) is 22.6 Å². The number of aryl methyl sites for hydroxylation is 1. The van der Waals surface area contributed by atoms with E-state index in [4.69, 9.17) is 10.5 Å². The molecule has 3 nitrogen and oxygen atoms in total. The number of nitrogens with two attached hydrogens (primary N) is 1. The molecule has 0 amide bonds. The molecule has 0 unspecified atom stereocenters. The molecular weight excluding hydrogens is 262 g/mol. The van der Waals surface area contributed by atoms with Gasteiger partial charge >= 0.3 is 0 Å². The lowest BCUT2D eigenvalue weighted by atomic mass is 10.00. The third-order valence-electron chi connectivity index (χ3n) is 3.53. The van der Waals surface area contributed by atoms with Crippen LogP contribution in [0, 0.1) is 0 Å². The number of ketones is 1. The number of nitrogen functional groups attached to an aromatic ring is 1. The smallest absolute Gasteiger partial charge is 0.193 e. The fraction of sp³-hybridized carbons (Fsp3) is 0.278. The van der Waals surface area contributed by atoms with Crippen molar-refractivity contribution >= 4 is 11.5 Å². The Morgan fingerprint density at radius 2 is 1.76 bits per heavy atom. The van der Waals surface area contributed by atoms with Gasteiger partial charge in [-0.2, -0.15) is 0 Å². The van der Waals surface area contributed by atoms with E-state index in [2.05, 4.69) is 6.92 Å². The molecule has 0 spiro atoms. The lowest BCUT2D eigenvalue weighted by molar-refractivity contribution is 0.103. The van der Waals surface area contributed by atoms with Crippen molar-refractivity contribution in [3.8, 4) is 5.75 Å². The molecule has 0 fully saturated rings. The number of ether oxygens (including phenoxy) is 1. The maximum absolute atomic E-state index is 12.5. The minimum absolute atomic E-state index is 0.0182. The van der Waals surface area contributed by atoms with Gasteiger partial charge in [0.05, 0.1) is 12.8 Å². The van der Waals surface area contributed by atoms with Crippen molar-refractivity contribution in [1.82, 2.24) is 0 Å². The van der Waals surface area contributed by atoms with Gasteiger partial charge in [-0.15, -0.1) is 0 Å². The van der Waals surface area contributed by atoms with E-state index >= 15 is 0 Å². The van der Waals surface area contributed by atoms with Gasteiger partial charge in [0, 0.05) is 11.1 Å². The SMILES string of the molecule is CCCCc1ccc(C(=O)c2ccc(N)c(OC)c2)cc1. The van der Waals surface area contributed by atoms with E-state index in [0.717, 1.165) is 6.42 Å². The molecule has 2 aromatic carbocycles. The number of carbonyl (C=O) groups excluding carboxylic acids is 1. The Bertz CT molecular complexity index is 618. The maximum atomic E-state index is 12.5. The van der Waals surface area contributed by atoms with Crippen LogP contribution < -0.4 is 10.5 Å². The van der Waals surface area contributed by atoms with Crippen LogP contribution in [0.3, 0.4) is 0 Å². The first-order valence-corrected chi connectivity index (χ1v) is 7.23. The predicted octanol–water partition coefficient (Wildman–Crippen LogP) is 3.85. The largest absolute Gasteiger partial charge is 0.495 e. The average Bonchev–Trinajstić information content (AvgIpc) is 2.53. The van der Waals surface area contributed by atoms with Crippen molar-refractivity contribution in [3.63, 3.8) is 0 Å². The van der Waals surface area contributed by atoms with Gasteiger partial charge in [0.2, 0.25) is 0 Å². The van der Waals surface area contributed by atoms with Crippen LogP contribution in [0.5, 0.6) is 5.75 Å². The van der Waals surface area contributed by atoms with Crippen LogP contribution in [0.1, 0.15) is 41.3 Å². The molecule has 0 saturated heterocycles. The van der Waals surface area contributed by atoms with E-state index in [1.165, 1.54) is 18.4 Å². The first-order valence-electron chi connectivity index (χ1n) is 7.23. The van der Waals surface area contributed by atoms with Gasteiger partial charge in [0.1, 0.15) is 5.75 Å². The molecule has 110 valence electrons. The summed E-state index contributed by atoms with van der Waals surface area (Å²) in [4.78, 5) is 12.5. The van der Waals surface area contributed by atoms with Crippen molar-refractivity contribution < 1.29 is 9.53 Å². The minimum Gasteiger partial charge on any atom is -0.495 e. The van der Waals surface area contributed by atoms with Crippen LogP contribution in [-0.2, 0) is 6.42 Å². The summed E-state index contributed by atoms with van der Waals surface area (Å²) >= 11 is 0. The predicted molar refractivity (Wildman–Crippen MR) is 85.9 cm³/mol. The van der Waals surface area contributed by atoms with Crippen LogP contribution in [0.4, 0.5) is 5.69 Å². The van der Waals surface area contributed by atoms with Gasteiger partial charge in [-0.3, -0.25) is 4.79 Å².